The highest BCUT2D eigenvalue weighted by Crippen LogP contribution is 2.30. The number of carbonyl (C=O) groups is 1. The number of hydrogen-bond donors (Lipinski definition) is 0. The van der Waals surface area contributed by atoms with E-state index >= 15 is 0 Å². The molecule has 1 saturated heterocycles. The number of hydrogen-bond acceptors (Lipinski definition) is 5. The standard InChI is InChI=1S/C24H29F3N2O3/c1-16(14-22(30)32-23(2,3)4)17-8-10-18(11-9-17)31-19-12-13-29(15-19)21-7-5-6-20(28-21)24(25,26)27/h5-11,16,19H,12-15H2,1-4H3/t16-,19-/m1/s1. The van der Waals surface area contributed by atoms with Crippen LogP contribution in [-0.4, -0.2) is 35.7 Å². The molecule has 0 amide bonds. The van der Waals surface area contributed by atoms with Crippen molar-refractivity contribution in [2.75, 3.05) is 18.0 Å². The molecule has 0 saturated carbocycles. The van der Waals surface area contributed by atoms with Crippen LogP contribution in [0.4, 0.5) is 19.0 Å². The Morgan fingerprint density at radius 3 is 2.47 bits per heavy atom. The Morgan fingerprint density at radius 1 is 1.16 bits per heavy atom. The molecule has 2 heterocycles. The van der Waals surface area contributed by atoms with Crippen molar-refractivity contribution in [3.63, 3.8) is 0 Å². The Balaban J connectivity index is 1.55. The number of pyridine rings is 1. The van der Waals surface area contributed by atoms with Crippen LogP contribution in [0.3, 0.4) is 0 Å². The molecule has 1 aliphatic heterocycles. The van der Waals surface area contributed by atoms with Crippen LogP contribution >= 0.6 is 0 Å². The topological polar surface area (TPSA) is 51.7 Å². The summed E-state index contributed by atoms with van der Waals surface area (Å²) in [6, 6.07) is 11.5. The van der Waals surface area contributed by atoms with E-state index in [1.54, 1.807) is 11.0 Å². The molecular formula is C24H29F3N2O3. The number of halogens is 3. The van der Waals surface area contributed by atoms with Gasteiger partial charge in [-0.15, -0.1) is 0 Å². The van der Waals surface area contributed by atoms with Crippen LogP contribution in [0.1, 0.15) is 57.7 Å². The van der Waals surface area contributed by atoms with Crippen molar-refractivity contribution >= 4 is 11.8 Å². The van der Waals surface area contributed by atoms with Crippen LogP contribution < -0.4 is 9.64 Å². The Morgan fingerprint density at radius 2 is 1.84 bits per heavy atom. The van der Waals surface area contributed by atoms with Crippen molar-refractivity contribution < 1.29 is 27.4 Å². The molecular weight excluding hydrogens is 421 g/mol. The highest BCUT2D eigenvalue weighted by molar-refractivity contribution is 5.71. The summed E-state index contributed by atoms with van der Waals surface area (Å²) in [7, 11) is 0. The molecule has 0 aliphatic carbocycles. The summed E-state index contributed by atoms with van der Waals surface area (Å²) in [5.41, 5.74) is -0.396. The van der Waals surface area contributed by atoms with Crippen LogP contribution in [0.25, 0.3) is 0 Å². The maximum atomic E-state index is 12.9. The fourth-order valence-corrected chi connectivity index (χ4v) is 3.61. The zero-order valence-electron chi connectivity index (χ0n) is 18.8. The number of aromatic nitrogens is 1. The largest absolute Gasteiger partial charge is 0.489 e. The van der Waals surface area contributed by atoms with Crippen LogP contribution in [0, 0.1) is 0 Å². The van der Waals surface area contributed by atoms with E-state index in [0.717, 1.165) is 11.6 Å². The third kappa shape index (κ3) is 6.61. The number of esters is 1. The predicted octanol–water partition coefficient (Wildman–Crippen LogP) is 5.59. The lowest BCUT2D eigenvalue weighted by molar-refractivity contribution is -0.155. The molecule has 1 aliphatic rings. The summed E-state index contributed by atoms with van der Waals surface area (Å²) in [4.78, 5) is 17.6. The molecule has 1 aromatic carbocycles. The summed E-state index contributed by atoms with van der Waals surface area (Å²) >= 11 is 0. The molecule has 32 heavy (non-hydrogen) atoms. The number of anilines is 1. The Kier molecular flexibility index (Phi) is 7.00. The maximum Gasteiger partial charge on any atom is 0.433 e. The number of rotatable bonds is 6. The smallest absolute Gasteiger partial charge is 0.433 e. The minimum absolute atomic E-state index is 0.00727. The van der Waals surface area contributed by atoms with Crippen molar-refractivity contribution in [2.45, 2.75) is 64.3 Å². The molecule has 2 aromatic rings. The number of ether oxygens (including phenoxy) is 2. The van der Waals surface area contributed by atoms with Gasteiger partial charge >= 0.3 is 12.1 Å². The van der Waals surface area contributed by atoms with E-state index in [4.69, 9.17) is 9.47 Å². The minimum atomic E-state index is -4.46. The molecule has 8 heteroatoms. The average Bonchev–Trinajstić information content (AvgIpc) is 3.15. The lowest BCUT2D eigenvalue weighted by Crippen LogP contribution is -2.26. The van der Waals surface area contributed by atoms with E-state index in [1.165, 1.54) is 6.07 Å². The van der Waals surface area contributed by atoms with Crippen molar-refractivity contribution in [1.82, 2.24) is 4.98 Å². The fraction of sp³-hybridized carbons (Fsp3) is 0.500. The van der Waals surface area contributed by atoms with Gasteiger partial charge < -0.3 is 14.4 Å². The minimum Gasteiger partial charge on any atom is -0.489 e. The molecule has 174 valence electrons. The van der Waals surface area contributed by atoms with E-state index in [-0.39, 0.29) is 18.0 Å². The molecule has 1 fully saturated rings. The van der Waals surface area contributed by atoms with Gasteiger partial charge in [-0.3, -0.25) is 4.79 Å². The summed E-state index contributed by atoms with van der Waals surface area (Å²) < 4.78 is 50.2. The van der Waals surface area contributed by atoms with Crippen molar-refractivity contribution in [3.8, 4) is 5.75 Å². The lowest BCUT2D eigenvalue weighted by atomic mass is 9.98. The van der Waals surface area contributed by atoms with Gasteiger partial charge in [0.05, 0.1) is 13.0 Å². The third-order valence-electron chi connectivity index (χ3n) is 5.14. The molecule has 1 aromatic heterocycles. The van der Waals surface area contributed by atoms with Crippen LogP contribution in [-0.2, 0) is 15.7 Å². The van der Waals surface area contributed by atoms with E-state index in [9.17, 15) is 18.0 Å². The first-order valence-electron chi connectivity index (χ1n) is 10.7. The molecule has 0 radical (unpaired) electrons. The highest BCUT2D eigenvalue weighted by atomic mass is 19.4. The highest BCUT2D eigenvalue weighted by Gasteiger charge is 2.33. The van der Waals surface area contributed by atoms with E-state index in [1.807, 2.05) is 52.0 Å². The van der Waals surface area contributed by atoms with Gasteiger partial charge in [0.25, 0.3) is 0 Å². The molecule has 2 atom stereocenters. The van der Waals surface area contributed by atoms with E-state index in [0.29, 0.717) is 37.5 Å². The molecule has 0 N–H and O–H groups in total. The Hall–Kier alpha value is -2.77. The Labute approximate surface area is 186 Å². The van der Waals surface area contributed by atoms with Gasteiger partial charge in [-0.1, -0.05) is 25.1 Å². The summed E-state index contributed by atoms with van der Waals surface area (Å²) in [6.07, 6.45) is -3.63. The average molecular weight is 451 g/mol. The molecule has 3 rings (SSSR count). The zero-order chi connectivity index (χ0) is 23.5. The molecule has 0 spiro atoms. The lowest BCUT2D eigenvalue weighted by Gasteiger charge is -2.21. The summed E-state index contributed by atoms with van der Waals surface area (Å²) in [5, 5.41) is 0. The predicted molar refractivity (Wildman–Crippen MR) is 116 cm³/mol. The van der Waals surface area contributed by atoms with Crippen LogP contribution in [0.15, 0.2) is 42.5 Å². The first-order chi connectivity index (χ1) is 14.9. The zero-order valence-corrected chi connectivity index (χ0v) is 18.8. The van der Waals surface area contributed by atoms with Gasteiger partial charge in [0, 0.05) is 13.0 Å². The number of benzene rings is 1. The van der Waals surface area contributed by atoms with Gasteiger partial charge in [0.1, 0.15) is 29.0 Å². The first-order valence-corrected chi connectivity index (χ1v) is 10.7. The van der Waals surface area contributed by atoms with Gasteiger partial charge in [0.2, 0.25) is 0 Å². The van der Waals surface area contributed by atoms with Crippen molar-refractivity contribution in [3.05, 3.63) is 53.7 Å². The van der Waals surface area contributed by atoms with Gasteiger partial charge in [-0.25, -0.2) is 4.98 Å². The van der Waals surface area contributed by atoms with Gasteiger partial charge in [-0.05, 0) is 56.5 Å². The quantitative estimate of drug-likeness (QED) is 0.537. The molecule has 0 unspecified atom stereocenters. The van der Waals surface area contributed by atoms with Gasteiger partial charge in [-0.2, -0.15) is 13.2 Å². The Bertz CT molecular complexity index is 923. The number of alkyl halides is 3. The summed E-state index contributed by atoms with van der Waals surface area (Å²) in [6.45, 7) is 8.53. The van der Waals surface area contributed by atoms with E-state index in [2.05, 4.69) is 4.98 Å². The summed E-state index contributed by atoms with van der Waals surface area (Å²) in [5.74, 6) is 0.756. The number of carbonyl (C=O) groups excluding carboxylic acids is 1. The van der Waals surface area contributed by atoms with Gasteiger partial charge in [0.15, 0.2) is 0 Å². The van der Waals surface area contributed by atoms with Crippen molar-refractivity contribution in [2.24, 2.45) is 0 Å². The normalized spacial score (nSPS) is 17.8. The SMILES string of the molecule is C[C@H](CC(=O)OC(C)(C)C)c1ccc(O[C@@H]2CCN(c3cccc(C(F)(F)F)n3)C2)cc1. The maximum absolute atomic E-state index is 12.9. The van der Waals surface area contributed by atoms with Crippen molar-refractivity contribution in [1.29, 1.82) is 0 Å². The van der Waals surface area contributed by atoms with Crippen LogP contribution in [0.5, 0.6) is 5.75 Å². The molecule has 5 nitrogen and oxygen atoms in total. The third-order valence-corrected chi connectivity index (χ3v) is 5.14. The second kappa shape index (κ2) is 9.38. The second-order valence-electron chi connectivity index (χ2n) is 9.11. The number of nitrogens with zero attached hydrogens (tertiary/aromatic N) is 2. The first kappa shape index (κ1) is 23.9. The monoisotopic (exact) mass is 450 g/mol. The second-order valence-corrected chi connectivity index (χ2v) is 9.11. The molecule has 0 bridgehead atoms. The fourth-order valence-electron chi connectivity index (χ4n) is 3.61. The van der Waals surface area contributed by atoms with E-state index < -0.39 is 17.5 Å². The van der Waals surface area contributed by atoms with Crippen LogP contribution in [0.2, 0.25) is 0 Å².